The summed E-state index contributed by atoms with van der Waals surface area (Å²) in [5.74, 6) is 1.69. The Bertz CT molecular complexity index is 716. The molecule has 0 radical (unpaired) electrons. The molecule has 2 nitrogen and oxygen atoms in total. The van der Waals surface area contributed by atoms with Gasteiger partial charge < -0.3 is 9.47 Å². The zero-order valence-electron chi connectivity index (χ0n) is 13.2. The van der Waals surface area contributed by atoms with Crippen molar-refractivity contribution in [2.45, 2.75) is 20.1 Å². The van der Waals surface area contributed by atoms with Gasteiger partial charge in [-0.05, 0) is 42.3 Å². The van der Waals surface area contributed by atoms with Gasteiger partial charge >= 0.3 is 0 Å². The van der Waals surface area contributed by atoms with Crippen molar-refractivity contribution in [3.8, 4) is 11.5 Å². The summed E-state index contributed by atoms with van der Waals surface area (Å²) in [5.41, 5.74) is 3.58. The minimum absolute atomic E-state index is 0.574. The van der Waals surface area contributed by atoms with Crippen LogP contribution in [0.2, 0.25) is 0 Å². The Balaban J connectivity index is 1.51. The second kappa shape index (κ2) is 7.50. The Kier molecular flexibility index (Phi) is 4.95. The van der Waals surface area contributed by atoms with Crippen molar-refractivity contribution in [2.75, 3.05) is 0 Å². The van der Waals surface area contributed by atoms with Crippen molar-refractivity contribution < 1.29 is 9.47 Å². The van der Waals surface area contributed by atoms with Crippen LogP contribution in [0.15, 0.2) is 78.9 Å². The van der Waals surface area contributed by atoms with Crippen molar-refractivity contribution in [1.29, 1.82) is 0 Å². The van der Waals surface area contributed by atoms with Gasteiger partial charge in [-0.25, -0.2) is 0 Å². The van der Waals surface area contributed by atoms with Gasteiger partial charge in [0.15, 0.2) is 0 Å². The van der Waals surface area contributed by atoms with Gasteiger partial charge in [0, 0.05) is 0 Å². The SMILES string of the molecule is Cc1ccc(COc2ccc(OCc3ccccc3)cc2)cc1. The van der Waals surface area contributed by atoms with Crippen LogP contribution in [0.25, 0.3) is 0 Å². The third kappa shape index (κ3) is 4.62. The number of benzene rings is 3. The van der Waals surface area contributed by atoms with Gasteiger partial charge in [-0.15, -0.1) is 0 Å². The van der Waals surface area contributed by atoms with E-state index in [1.807, 2.05) is 42.5 Å². The molecule has 0 unspecified atom stereocenters. The van der Waals surface area contributed by atoms with Gasteiger partial charge in [0.2, 0.25) is 0 Å². The van der Waals surface area contributed by atoms with E-state index in [0.29, 0.717) is 13.2 Å². The highest BCUT2D eigenvalue weighted by atomic mass is 16.5. The highest BCUT2D eigenvalue weighted by molar-refractivity contribution is 5.32. The topological polar surface area (TPSA) is 18.5 Å². The average molecular weight is 304 g/mol. The van der Waals surface area contributed by atoms with Gasteiger partial charge in [0.05, 0.1) is 0 Å². The Labute approximate surface area is 137 Å². The second-order valence-corrected chi connectivity index (χ2v) is 5.52. The molecule has 116 valence electrons. The summed E-state index contributed by atoms with van der Waals surface area (Å²) in [6.45, 7) is 3.23. The summed E-state index contributed by atoms with van der Waals surface area (Å²) < 4.78 is 11.6. The molecule has 0 amide bonds. The van der Waals surface area contributed by atoms with E-state index in [0.717, 1.165) is 17.1 Å². The molecular weight excluding hydrogens is 284 g/mol. The lowest BCUT2D eigenvalue weighted by atomic mass is 10.2. The third-order valence-electron chi connectivity index (χ3n) is 3.60. The first-order valence-corrected chi connectivity index (χ1v) is 7.75. The molecular formula is C21H20O2. The van der Waals surface area contributed by atoms with E-state index in [-0.39, 0.29) is 0 Å². The lowest BCUT2D eigenvalue weighted by Crippen LogP contribution is -1.97. The molecule has 0 fully saturated rings. The first kappa shape index (κ1) is 15.2. The standard InChI is InChI=1S/C21H20O2/c1-17-7-9-19(10-8-17)16-23-21-13-11-20(12-14-21)22-15-18-5-3-2-4-6-18/h2-14H,15-16H2,1H3. The predicted molar refractivity (Wildman–Crippen MR) is 92.7 cm³/mol. The van der Waals surface area contributed by atoms with E-state index in [1.165, 1.54) is 11.1 Å². The number of rotatable bonds is 6. The molecule has 0 spiro atoms. The zero-order valence-corrected chi connectivity index (χ0v) is 13.2. The van der Waals surface area contributed by atoms with Crippen LogP contribution in [0.5, 0.6) is 11.5 Å². The molecule has 0 aliphatic rings. The van der Waals surface area contributed by atoms with Crippen LogP contribution in [-0.2, 0) is 13.2 Å². The molecule has 3 rings (SSSR count). The van der Waals surface area contributed by atoms with Crippen LogP contribution < -0.4 is 9.47 Å². The number of ether oxygens (including phenoxy) is 2. The maximum absolute atomic E-state index is 5.79. The molecule has 0 saturated heterocycles. The van der Waals surface area contributed by atoms with Crippen molar-refractivity contribution in [1.82, 2.24) is 0 Å². The van der Waals surface area contributed by atoms with Crippen LogP contribution >= 0.6 is 0 Å². The molecule has 2 heteroatoms. The maximum Gasteiger partial charge on any atom is 0.120 e. The average Bonchev–Trinajstić information content (AvgIpc) is 2.61. The molecule has 0 aliphatic carbocycles. The fourth-order valence-electron chi connectivity index (χ4n) is 2.22. The molecule has 0 saturated carbocycles. The molecule has 0 aromatic heterocycles. The van der Waals surface area contributed by atoms with Crippen LogP contribution in [0.3, 0.4) is 0 Å². The zero-order chi connectivity index (χ0) is 15.9. The lowest BCUT2D eigenvalue weighted by Gasteiger charge is -2.09. The highest BCUT2D eigenvalue weighted by Crippen LogP contribution is 2.19. The first-order chi connectivity index (χ1) is 11.3. The van der Waals surface area contributed by atoms with E-state index in [2.05, 4.69) is 43.3 Å². The minimum Gasteiger partial charge on any atom is -0.489 e. The van der Waals surface area contributed by atoms with Crippen molar-refractivity contribution in [3.05, 3.63) is 95.6 Å². The molecule has 0 N–H and O–H groups in total. The van der Waals surface area contributed by atoms with Gasteiger partial charge in [0.25, 0.3) is 0 Å². The van der Waals surface area contributed by atoms with Crippen molar-refractivity contribution in [2.24, 2.45) is 0 Å². The van der Waals surface area contributed by atoms with Crippen LogP contribution in [0, 0.1) is 6.92 Å². The summed E-state index contributed by atoms with van der Waals surface area (Å²) >= 11 is 0. The third-order valence-corrected chi connectivity index (χ3v) is 3.60. The summed E-state index contributed by atoms with van der Waals surface area (Å²) in [4.78, 5) is 0. The summed E-state index contributed by atoms with van der Waals surface area (Å²) in [5, 5.41) is 0. The molecule has 0 aliphatic heterocycles. The van der Waals surface area contributed by atoms with Gasteiger partial charge in [-0.2, -0.15) is 0 Å². The van der Waals surface area contributed by atoms with Gasteiger partial charge in [0.1, 0.15) is 24.7 Å². The van der Waals surface area contributed by atoms with E-state index in [4.69, 9.17) is 9.47 Å². The van der Waals surface area contributed by atoms with Crippen LogP contribution in [0.4, 0.5) is 0 Å². The van der Waals surface area contributed by atoms with E-state index >= 15 is 0 Å². The number of aryl methyl sites for hydroxylation is 1. The Hall–Kier alpha value is -2.74. The Morgan fingerprint density at radius 1 is 0.565 bits per heavy atom. The molecule has 3 aromatic carbocycles. The summed E-state index contributed by atoms with van der Waals surface area (Å²) in [6, 6.07) is 26.3. The van der Waals surface area contributed by atoms with Gasteiger partial charge in [-0.3, -0.25) is 0 Å². The van der Waals surface area contributed by atoms with E-state index in [9.17, 15) is 0 Å². The predicted octanol–water partition coefficient (Wildman–Crippen LogP) is 5.15. The minimum atomic E-state index is 0.574. The highest BCUT2D eigenvalue weighted by Gasteiger charge is 1.99. The molecule has 23 heavy (non-hydrogen) atoms. The molecule has 0 heterocycles. The van der Waals surface area contributed by atoms with Crippen LogP contribution in [0.1, 0.15) is 16.7 Å². The quantitative estimate of drug-likeness (QED) is 0.627. The Morgan fingerprint density at radius 3 is 1.57 bits per heavy atom. The largest absolute Gasteiger partial charge is 0.489 e. The number of hydrogen-bond donors (Lipinski definition) is 0. The van der Waals surface area contributed by atoms with Gasteiger partial charge in [-0.1, -0.05) is 60.2 Å². The summed E-state index contributed by atoms with van der Waals surface area (Å²) in [7, 11) is 0. The Morgan fingerprint density at radius 2 is 1.04 bits per heavy atom. The normalized spacial score (nSPS) is 10.3. The monoisotopic (exact) mass is 304 g/mol. The van der Waals surface area contributed by atoms with Crippen molar-refractivity contribution >= 4 is 0 Å². The number of hydrogen-bond acceptors (Lipinski definition) is 2. The second-order valence-electron chi connectivity index (χ2n) is 5.52. The fraction of sp³-hybridized carbons (Fsp3) is 0.143. The molecule has 0 atom stereocenters. The van der Waals surface area contributed by atoms with E-state index in [1.54, 1.807) is 0 Å². The fourth-order valence-corrected chi connectivity index (χ4v) is 2.22. The van der Waals surface area contributed by atoms with E-state index < -0.39 is 0 Å². The molecule has 3 aromatic rings. The van der Waals surface area contributed by atoms with Crippen LogP contribution in [-0.4, -0.2) is 0 Å². The first-order valence-electron chi connectivity index (χ1n) is 7.75. The summed E-state index contributed by atoms with van der Waals surface area (Å²) in [6.07, 6.45) is 0. The lowest BCUT2D eigenvalue weighted by molar-refractivity contribution is 0.297. The van der Waals surface area contributed by atoms with Crippen molar-refractivity contribution in [3.63, 3.8) is 0 Å². The smallest absolute Gasteiger partial charge is 0.120 e. The maximum atomic E-state index is 5.79. The molecule has 0 bridgehead atoms.